The Bertz CT molecular complexity index is 1070. The first-order valence-electron chi connectivity index (χ1n) is 9.75. The summed E-state index contributed by atoms with van der Waals surface area (Å²) in [6.45, 7) is 2.08. The quantitative estimate of drug-likeness (QED) is 0.367. The van der Waals surface area contributed by atoms with E-state index in [-0.39, 0.29) is 11.0 Å². The minimum Gasteiger partial charge on any atom is -0.357 e. The normalized spacial score (nSPS) is 22.5. The Morgan fingerprint density at radius 3 is 2.48 bits per heavy atom. The lowest BCUT2D eigenvalue weighted by Crippen LogP contribution is -2.57. The van der Waals surface area contributed by atoms with Gasteiger partial charge < -0.3 is 16.0 Å². The van der Waals surface area contributed by atoms with Crippen LogP contribution in [0.25, 0.3) is 0 Å². The summed E-state index contributed by atoms with van der Waals surface area (Å²) in [5, 5.41) is 8.62. The minimum absolute atomic E-state index is 0.0226. The predicted octanol–water partition coefficient (Wildman–Crippen LogP) is 2.76. The van der Waals surface area contributed by atoms with Gasteiger partial charge in [0, 0.05) is 5.69 Å². The highest BCUT2D eigenvalue weighted by atomic mass is 32.2. The number of aryl methyl sites for hydroxylation is 1. The number of rotatable bonds is 5. The Morgan fingerprint density at radius 1 is 1.10 bits per heavy atom. The second-order valence-corrected chi connectivity index (χ2v) is 8.51. The van der Waals surface area contributed by atoms with Gasteiger partial charge in [-0.1, -0.05) is 49.0 Å². The molecule has 0 radical (unpaired) electrons. The first-order chi connectivity index (χ1) is 15.0. The summed E-state index contributed by atoms with van der Waals surface area (Å²) in [4.78, 5) is 39.6. The van der Waals surface area contributed by atoms with E-state index in [1.54, 1.807) is 24.3 Å². The van der Waals surface area contributed by atoms with Crippen LogP contribution >= 0.6 is 24.0 Å². The van der Waals surface area contributed by atoms with E-state index in [1.807, 2.05) is 30.3 Å². The molecule has 0 aromatic heterocycles. The molecule has 2 atom stereocenters. The maximum atomic E-state index is 13.1. The fourth-order valence-corrected chi connectivity index (χ4v) is 4.57. The van der Waals surface area contributed by atoms with Crippen LogP contribution in [0.1, 0.15) is 12.5 Å². The average molecular weight is 453 g/mol. The second-order valence-electron chi connectivity index (χ2n) is 6.98. The zero-order chi connectivity index (χ0) is 22.0. The molecule has 2 aliphatic rings. The molecule has 31 heavy (non-hydrogen) atoms. The van der Waals surface area contributed by atoms with Crippen molar-refractivity contribution in [3.8, 4) is 0 Å². The number of benzene rings is 2. The molecule has 2 aromatic rings. The number of para-hydroxylation sites is 1. The van der Waals surface area contributed by atoms with Gasteiger partial charge in [-0.05, 0) is 54.5 Å². The maximum absolute atomic E-state index is 13.1. The lowest BCUT2D eigenvalue weighted by Gasteiger charge is -2.31. The summed E-state index contributed by atoms with van der Waals surface area (Å²) >= 11 is 6.41. The van der Waals surface area contributed by atoms with E-state index in [4.69, 9.17) is 12.2 Å². The van der Waals surface area contributed by atoms with Gasteiger partial charge in [0.1, 0.15) is 5.92 Å². The first kappa shape index (κ1) is 21.1. The van der Waals surface area contributed by atoms with E-state index in [0.717, 1.165) is 12.1 Å². The summed E-state index contributed by atoms with van der Waals surface area (Å²) in [5.74, 6) is -2.53. The van der Waals surface area contributed by atoms with Crippen molar-refractivity contribution in [2.24, 2.45) is 5.92 Å². The minimum atomic E-state index is -1.15. The summed E-state index contributed by atoms with van der Waals surface area (Å²) in [5.41, 5.74) is 2.24. The average Bonchev–Trinajstić information content (AvgIpc) is 3.11. The summed E-state index contributed by atoms with van der Waals surface area (Å²) in [7, 11) is 0. The van der Waals surface area contributed by atoms with Gasteiger partial charge in [0.2, 0.25) is 11.8 Å². The van der Waals surface area contributed by atoms with Crippen molar-refractivity contribution in [3.05, 3.63) is 71.1 Å². The number of anilines is 2. The van der Waals surface area contributed by atoms with Crippen LogP contribution in [0.2, 0.25) is 0 Å². The molecule has 0 aliphatic carbocycles. The standard InChI is InChI=1S/C22H20N4O3S2/c1-2-13-8-10-14(11-9-13)23-21-24-19(28)17(31-21)12-16-18(27)25-22(30)26(20(16)29)15-6-4-3-5-7-15/h3-12,16,21,23H,2H2,1H3,(H,24,28)(H,25,27,30)/b17-12-/t16-,21-/m1/s1. The molecule has 3 amide bonds. The molecule has 0 spiro atoms. The number of nitrogens with one attached hydrogen (secondary N) is 3. The van der Waals surface area contributed by atoms with Crippen LogP contribution in [0, 0.1) is 5.92 Å². The Balaban J connectivity index is 1.51. The van der Waals surface area contributed by atoms with Crippen LogP contribution in [0.5, 0.6) is 0 Å². The number of carbonyl (C=O) groups is 3. The molecule has 0 unspecified atom stereocenters. The van der Waals surface area contributed by atoms with Crippen molar-refractivity contribution < 1.29 is 14.4 Å². The Labute approximate surface area is 189 Å². The van der Waals surface area contributed by atoms with Crippen LogP contribution in [-0.2, 0) is 20.8 Å². The number of nitrogens with zero attached hydrogens (tertiary/aromatic N) is 1. The van der Waals surface area contributed by atoms with Gasteiger partial charge in [-0.25, -0.2) is 0 Å². The zero-order valence-corrected chi connectivity index (χ0v) is 18.3. The van der Waals surface area contributed by atoms with E-state index < -0.39 is 23.2 Å². The van der Waals surface area contributed by atoms with Crippen LogP contribution in [-0.4, -0.2) is 28.3 Å². The van der Waals surface area contributed by atoms with Gasteiger partial charge in [0.25, 0.3) is 5.91 Å². The summed E-state index contributed by atoms with van der Waals surface area (Å²) in [6.07, 6.45) is 2.35. The van der Waals surface area contributed by atoms with Gasteiger partial charge in [-0.2, -0.15) is 0 Å². The maximum Gasteiger partial charge on any atom is 0.259 e. The Morgan fingerprint density at radius 2 is 1.81 bits per heavy atom. The molecule has 2 fully saturated rings. The topological polar surface area (TPSA) is 90.5 Å². The van der Waals surface area contributed by atoms with Crippen LogP contribution in [0.15, 0.2) is 65.6 Å². The van der Waals surface area contributed by atoms with E-state index in [0.29, 0.717) is 10.6 Å². The molecule has 9 heteroatoms. The fraction of sp³-hybridized carbons (Fsp3) is 0.182. The molecule has 0 bridgehead atoms. The van der Waals surface area contributed by atoms with Gasteiger partial charge in [0.05, 0.1) is 10.6 Å². The number of carbonyl (C=O) groups excluding carboxylic acids is 3. The van der Waals surface area contributed by atoms with Crippen LogP contribution in [0.4, 0.5) is 11.4 Å². The third kappa shape index (κ3) is 4.47. The monoisotopic (exact) mass is 452 g/mol. The fourth-order valence-electron chi connectivity index (χ4n) is 3.28. The Kier molecular flexibility index (Phi) is 6.06. The lowest BCUT2D eigenvalue weighted by molar-refractivity contribution is -0.131. The van der Waals surface area contributed by atoms with E-state index in [2.05, 4.69) is 22.9 Å². The molecule has 2 heterocycles. The van der Waals surface area contributed by atoms with E-state index >= 15 is 0 Å². The van der Waals surface area contributed by atoms with E-state index in [9.17, 15) is 14.4 Å². The molecule has 158 valence electrons. The van der Waals surface area contributed by atoms with Gasteiger partial charge in [-0.3, -0.25) is 19.3 Å². The van der Waals surface area contributed by atoms with Crippen LogP contribution < -0.4 is 20.9 Å². The molecule has 2 saturated heterocycles. The summed E-state index contributed by atoms with van der Waals surface area (Å²) < 4.78 is 0. The third-order valence-electron chi connectivity index (χ3n) is 4.93. The van der Waals surface area contributed by atoms with Gasteiger partial charge in [-0.15, -0.1) is 0 Å². The number of hydrogen-bond acceptors (Lipinski definition) is 6. The van der Waals surface area contributed by atoms with Crippen molar-refractivity contribution in [2.75, 3.05) is 10.2 Å². The highest BCUT2D eigenvalue weighted by Crippen LogP contribution is 2.31. The van der Waals surface area contributed by atoms with Crippen molar-refractivity contribution in [3.63, 3.8) is 0 Å². The highest BCUT2D eigenvalue weighted by Gasteiger charge is 2.40. The first-order valence-corrected chi connectivity index (χ1v) is 11.0. The molecular formula is C22H20N4O3S2. The van der Waals surface area contributed by atoms with E-state index in [1.165, 1.54) is 28.3 Å². The number of thioether (sulfide) groups is 1. The van der Waals surface area contributed by atoms with Crippen molar-refractivity contribution in [1.29, 1.82) is 0 Å². The van der Waals surface area contributed by atoms with Crippen molar-refractivity contribution >= 4 is 58.2 Å². The van der Waals surface area contributed by atoms with Gasteiger partial charge in [0.15, 0.2) is 10.6 Å². The van der Waals surface area contributed by atoms with Crippen molar-refractivity contribution in [2.45, 2.75) is 18.8 Å². The Hall–Kier alpha value is -3.17. The highest BCUT2D eigenvalue weighted by molar-refractivity contribution is 8.05. The smallest absolute Gasteiger partial charge is 0.259 e. The number of thiocarbonyl (C=S) groups is 1. The van der Waals surface area contributed by atoms with Crippen molar-refractivity contribution in [1.82, 2.24) is 10.6 Å². The SMILES string of the molecule is CCc1ccc(N[C@@H]2NC(=O)/C(=C/[C@@H]3C(=O)NC(=S)N(c4ccccc4)C3=O)S2)cc1. The lowest BCUT2D eigenvalue weighted by atomic mass is 10.0. The van der Waals surface area contributed by atoms with Gasteiger partial charge >= 0.3 is 0 Å². The molecular weight excluding hydrogens is 432 g/mol. The molecule has 7 nitrogen and oxygen atoms in total. The third-order valence-corrected chi connectivity index (χ3v) is 6.26. The second kappa shape index (κ2) is 8.91. The molecule has 3 N–H and O–H groups in total. The number of hydrogen-bond donors (Lipinski definition) is 3. The number of amides is 3. The predicted molar refractivity (Wildman–Crippen MR) is 125 cm³/mol. The van der Waals surface area contributed by atoms with Crippen LogP contribution in [0.3, 0.4) is 0 Å². The largest absolute Gasteiger partial charge is 0.357 e. The molecule has 0 saturated carbocycles. The molecule has 4 rings (SSSR count). The zero-order valence-electron chi connectivity index (χ0n) is 16.6. The summed E-state index contributed by atoms with van der Waals surface area (Å²) in [6, 6.07) is 16.8. The molecule has 2 aliphatic heterocycles. The molecule has 2 aromatic carbocycles.